The lowest BCUT2D eigenvalue weighted by molar-refractivity contribution is -0.386. The number of methoxy groups -OCH3 is 1. The maximum Gasteiger partial charge on any atom is 0.315 e. The number of phenols is 1. The van der Waals surface area contributed by atoms with Crippen molar-refractivity contribution in [1.82, 2.24) is 0 Å². The van der Waals surface area contributed by atoms with Crippen LogP contribution >= 0.6 is 11.6 Å². The van der Waals surface area contributed by atoms with E-state index in [2.05, 4.69) is 6.58 Å². The molecule has 0 aliphatic rings. The van der Waals surface area contributed by atoms with Crippen LogP contribution in [0.5, 0.6) is 17.2 Å². The molecule has 1 N–H and O–H groups in total. The van der Waals surface area contributed by atoms with E-state index in [0.29, 0.717) is 21.9 Å². The zero-order chi connectivity index (χ0) is 20.0. The van der Waals surface area contributed by atoms with Crippen LogP contribution in [0.4, 0.5) is 5.69 Å². The number of hydrogen-bond acceptors (Lipinski definition) is 6. The molecule has 0 radical (unpaired) electrons. The van der Waals surface area contributed by atoms with Crippen molar-refractivity contribution < 1.29 is 24.3 Å². The molecule has 0 aromatic heterocycles. The molecule has 2 aromatic rings. The maximum absolute atomic E-state index is 12.3. The molecule has 0 unspecified atom stereocenters. The SMILES string of the molecule is C=C(Cl)COc1ccc(C(=O)/C=C/c2cc(OC)c(O)c([N+](=O)[O-])c2)cc1. The van der Waals surface area contributed by atoms with Crippen LogP contribution in [-0.4, -0.2) is 29.5 Å². The molecule has 7 nitrogen and oxygen atoms in total. The summed E-state index contributed by atoms with van der Waals surface area (Å²) in [5.41, 5.74) is 0.234. The van der Waals surface area contributed by atoms with Crippen LogP contribution < -0.4 is 9.47 Å². The normalized spacial score (nSPS) is 10.6. The standard InChI is InChI=1S/C19H16ClNO6/c1-12(20)11-27-15-6-4-14(5-7-15)17(22)8-3-13-9-16(21(24)25)19(23)18(10-13)26-2/h3-10,23H,1,11H2,2H3/b8-3+. The van der Waals surface area contributed by atoms with Crippen molar-refractivity contribution in [3.05, 3.63) is 75.3 Å². The number of carbonyl (C=O) groups is 1. The number of aromatic hydroxyl groups is 1. The molecule has 0 amide bonds. The van der Waals surface area contributed by atoms with Crippen LogP contribution in [-0.2, 0) is 0 Å². The summed E-state index contributed by atoms with van der Waals surface area (Å²) in [4.78, 5) is 22.5. The van der Waals surface area contributed by atoms with Crippen LogP contribution in [0.15, 0.2) is 54.1 Å². The van der Waals surface area contributed by atoms with Crippen LogP contribution in [0.2, 0.25) is 0 Å². The Labute approximate surface area is 160 Å². The number of rotatable bonds is 8. The highest BCUT2D eigenvalue weighted by Crippen LogP contribution is 2.37. The van der Waals surface area contributed by atoms with Gasteiger partial charge in [-0.15, -0.1) is 0 Å². The highest BCUT2D eigenvalue weighted by Gasteiger charge is 2.19. The van der Waals surface area contributed by atoms with Crippen molar-refractivity contribution in [3.8, 4) is 17.2 Å². The fourth-order valence-corrected chi connectivity index (χ4v) is 2.20. The summed E-state index contributed by atoms with van der Waals surface area (Å²) in [6, 6.07) is 8.95. The number of nitro benzene ring substituents is 1. The van der Waals surface area contributed by atoms with Gasteiger partial charge in [0.1, 0.15) is 12.4 Å². The minimum absolute atomic E-state index is 0.0568. The minimum atomic E-state index is -0.731. The van der Waals surface area contributed by atoms with E-state index in [1.165, 1.54) is 25.3 Å². The molecule has 140 valence electrons. The molecular weight excluding hydrogens is 374 g/mol. The Morgan fingerprint density at radius 1 is 1.33 bits per heavy atom. The highest BCUT2D eigenvalue weighted by molar-refractivity contribution is 6.29. The predicted octanol–water partition coefficient (Wildman–Crippen LogP) is 4.34. The second-order valence-corrected chi connectivity index (χ2v) is 5.91. The number of ether oxygens (including phenoxy) is 2. The van der Waals surface area contributed by atoms with Gasteiger partial charge in [-0.05, 0) is 42.0 Å². The molecule has 0 spiro atoms. The first-order valence-corrected chi connectivity index (χ1v) is 8.03. The molecule has 0 atom stereocenters. The number of benzene rings is 2. The molecule has 8 heteroatoms. The van der Waals surface area contributed by atoms with Crippen molar-refractivity contribution in [2.24, 2.45) is 0 Å². The molecule has 0 saturated heterocycles. The lowest BCUT2D eigenvalue weighted by atomic mass is 10.1. The minimum Gasteiger partial charge on any atom is -0.500 e. The van der Waals surface area contributed by atoms with Crippen LogP contribution in [0.25, 0.3) is 6.08 Å². The van der Waals surface area contributed by atoms with E-state index < -0.39 is 16.4 Å². The molecule has 2 rings (SSSR count). The fraction of sp³-hybridized carbons (Fsp3) is 0.105. The molecule has 0 fully saturated rings. The van der Waals surface area contributed by atoms with Crippen LogP contribution in [0.1, 0.15) is 15.9 Å². The summed E-state index contributed by atoms with van der Waals surface area (Å²) in [7, 11) is 1.28. The molecule has 0 bridgehead atoms. The van der Waals surface area contributed by atoms with Gasteiger partial charge in [0.15, 0.2) is 11.5 Å². The van der Waals surface area contributed by atoms with Gasteiger partial charge in [-0.25, -0.2) is 0 Å². The van der Waals surface area contributed by atoms with E-state index >= 15 is 0 Å². The third kappa shape index (κ3) is 5.32. The maximum atomic E-state index is 12.3. The number of nitro groups is 1. The average Bonchev–Trinajstić information content (AvgIpc) is 2.65. The highest BCUT2D eigenvalue weighted by atomic mass is 35.5. The number of allylic oxidation sites excluding steroid dienone is 1. The van der Waals surface area contributed by atoms with E-state index in [9.17, 15) is 20.0 Å². The number of halogens is 1. The molecule has 27 heavy (non-hydrogen) atoms. The largest absolute Gasteiger partial charge is 0.500 e. The van der Waals surface area contributed by atoms with Crippen LogP contribution in [0, 0.1) is 10.1 Å². The monoisotopic (exact) mass is 389 g/mol. The second kappa shape index (κ2) is 8.86. The van der Waals surface area contributed by atoms with Gasteiger partial charge >= 0.3 is 5.69 Å². The summed E-state index contributed by atoms with van der Waals surface area (Å²) in [6.45, 7) is 3.68. The van der Waals surface area contributed by atoms with E-state index in [-0.39, 0.29) is 18.1 Å². The third-order valence-electron chi connectivity index (χ3n) is 3.46. The van der Waals surface area contributed by atoms with Crippen LogP contribution in [0.3, 0.4) is 0 Å². The van der Waals surface area contributed by atoms with Gasteiger partial charge in [0, 0.05) is 16.7 Å². The number of ketones is 1. The first-order valence-electron chi connectivity index (χ1n) is 7.65. The number of carbonyl (C=O) groups excluding carboxylic acids is 1. The van der Waals surface area contributed by atoms with E-state index in [0.717, 1.165) is 6.07 Å². The Hall–Kier alpha value is -3.32. The van der Waals surface area contributed by atoms with E-state index in [1.807, 2.05) is 0 Å². The van der Waals surface area contributed by atoms with Gasteiger partial charge in [0.2, 0.25) is 5.75 Å². The Morgan fingerprint density at radius 3 is 2.56 bits per heavy atom. The molecule has 2 aromatic carbocycles. The molecule has 0 aliphatic heterocycles. The number of nitrogens with zero attached hydrogens (tertiary/aromatic N) is 1. The Balaban J connectivity index is 2.17. The average molecular weight is 390 g/mol. The van der Waals surface area contributed by atoms with Gasteiger partial charge in [0.05, 0.1) is 12.0 Å². The van der Waals surface area contributed by atoms with Crippen molar-refractivity contribution in [1.29, 1.82) is 0 Å². The molecule has 0 saturated carbocycles. The smallest absolute Gasteiger partial charge is 0.315 e. The Kier molecular flexibility index (Phi) is 6.56. The fourth-order valence-electron chi connectivity index (χ4n) is 2.15. The first kappa shape index (κ1) is 20.0. The lowest BCUT2D eigenvalue weighted by Gasteiger charge is -2.06. The molecule has 0 heterocycles. The lowest BCUT2D eigenvalue weighted by Crippen LogP contribution is -1.98. The number of phenolic OH excluding ortho intramolecular Hbond substituents is 1. The summed E-state index contributed by atoms with van der Waals surface area (Å²) < 4.78 is 10.3. The molecular formula is C19H16ClNO6. The predicted molar refractivity (Wildman–Crippen MR) is 102 cm³/mol. The summed E-state index contributed by atoms with van der Waals surface area (Å²) in [6.07, 6.45) is 2.67. The summed E-state index contributed by atoms with van der Waals surface area (Å²) in [5.74, 6) is -0.394. The summed E-state index contributed by atoms with van der Waals surface area (Å²) >= 11 is 5.62. The molecule has 0 aliphatic carbocycles. The van der Waals surface area contributed by atoms with E-state index in [1.54, 1.807) is 24.3 Å². The first-order chi connectivity index (χ1) is 12.8. The quantitative estimate of drug-likeness (QED) is 0.312. The van der Waals surface area contributed by atoms with Gasteiger partial charge in [-0.2, -0.15) is 0 Å². The van der Waals surface area contributed by atoms with Crippen molar-refractivity contribution in [3.63, 3.8) is 0 Å². The van der Waals surface area contributed by atoms with Crippen molar-refractivity contribution >= 4 is 29.1 Å². The zero-order valence-corrected chi connectivity index (χ0v) is 15.1. The van der Waals surface area contributed by atoms with E-state index in [4.69, 9.17) is 21.1 Å². The Bertz CT molecular complexity index is 905. The van der Waals surface area contributed by atoms with Gasteiger partial charge in [-0.1, -0.05) is 24.3 Å². The zero-order valence-electron chi connectivity index (χ0n) is 14.3. The van der Waals surface area contributed by atoms with Gasteiger partial charge in [0.25, 0.3) is 0 Å². The van der Waals surface area contributed by atoms with Crippen molar-refractivity contribution in [2.75, 3.05) is 13.7 Å². The van der Waals surface area contributed by atoms with Crippen molar-refractivity contribution in [2.45, 2.75) is 0 Å². The second-order valence-electron chi connectivity index (χ2n) is 5.38. The summed E-state index contributed by atoms with van der Waals surface area (Å²) in [5, 5.41) is 21.1. The number of hydrogen-bond donors (Lipinski definition) is 1. The third-order valence-corrected chi connectivity index (χ3v) is 3.56. The topological polar surface area (TPSA) is 98.9 Å². The van der Waals surface area contributed by atoms with Gasteiger partial charge < -0.3 is 14.6 Å². The Morgan fingerprint density at radius 2 is 2.00 bits per heavy atom. The van der Waals surface area contributed by atoms with Gasteiger partial charge in [-0.3, -0.25) is 14.9 Å².